The lowest BCUT2D eigenvalue weighted by Crippen LogP contribution is -2.09. The number of benzene rings is 1. The molecular formula is C13H16O4. The molecule has 0 aromatic heterocycles. The molecule has 0 bridgehead atoms. The van der Waals surface area contributed by atoms with Crippen molar-refractivity contribution in [1.29, 1.82) is 0 Å². The quantitative estimate of drug-likeness (QED) is 0.629. The van der Waals surface area contributed by atoms with Gasteiger partial charge in [-0.05, 0) is 31.9 Å². The first-order valence-corrected chi connectivity index (χ1v) is 5.47. The molecule has 0 fully saturated rings. The van der Waals surface area contributed by atoms with Crippen molar-refractivity contribution in [1.82, 2.24) is 0 Å². The van der Waals surface area contributed by atoms with Crippen molar-refractivity contribution < 1.29 is 19.4 Å². The van der Waals surface area contributed by atoms with E-state index in [4.69, 9.17) is 9.84 Å². The number of ether oxygens (including phenoxy) is 1. The van der Waals surface area contributed by atoms with E-state index in [0.717, 1.165) is 11.1 Å². The molecule has 0 heterocycles. The van der Waals surface area contributed by atoms with Crippen LogP contribution in [0.2, 0.25) is 0 Å². The zero-order valence-corrected chi connectivity index (χ0v) is 10.0. The van der Waals surface area contributed by atoms with Crippen LogP contribution in [0.5, 0.6) is 0 Å². The number of carbonyl (C=O) groups excluding carboxylic acids is 1. The van der Waals surface area contributed by atoms with Crippen LogP contribution in [0.15, 0.2) is 18.2 Å². The van der Waals surface area contributed by atoms with E-state index in [1.165, 1.54) is 0 Å². The highest BCUT2D eigenvalue weighted by molar-refractivity contribution is 5.91. The standard InChI is InChI=1S/C13H16O4/c1-9-5-6-11(10(2)8-9)13(16)17-7-3-4-12(14)15/h5-6,8H,3-4,7H2,1-2H3,(H,14,15). The van der Waals surface area contributed by atoms with Crippen LogP contribution in [0.4, 0.5) is 0 Å². The highest BCUT2D eigenvalue weighted by Gasteiger charge is 2.10. The van der Waals surface area contributed by atoms with E-state index < -0.39 is 11.9 Å². The van der Waals surface area contributed by atoms with Crippen molar-refractivity contribution in [2.75, 3.05) is 6.61 Å². The number of rotatable bonds is 5. The molecule has 0 saturated heterocycles. The Labute approximate surface area is 100 Å². The number of carboxylic acids is 1. The Kier molecular flexibility index (Phi) is 4.69. The molecule has 0 aliphatic heterocycles. The minimum absolute atomic E-state index is 0.0140. The normalized spacial score (nSPS) is 10.0. The molecule has 0 atom stereocenters. The molecule has 0 unspecified atom stereocenters. The van der Waals surface area contributed by atoms with Gasteiger partial charge in [-0.3, -0.25) is 4.79 Å². The fourth-order valence-electron chi connectivity index (χ4n) is 1.51. The number of hydrogen-bond donors (Lipinski definition) is 1. The molecule has 1 aromatic carbocycles. The predicted octanol–water partition coefficient (Wildman–Crippen LogP) is 2.33. The van der Waals surface area contributed by atoms with E-state index >= 15 is 0 Å². The maximum Gasteiger partial charge on any atom is 0.338 e. The predicted molar refractivity (Wildman–Crippen MR) is 63.1 cm³/mol. The van der Waals surface area contributed by atoms with Crippen LogP contribution in [-0.2, 0) is 9.53 Å². The van der Waals surface area contributed by atoms with Gasteiger partial charge >= 0.3 is 11.9 Å². The second kappa shape index (κ2) is 6.03. The molecule has 92 valence electrons. The molecule has 4 heteroatoms. The highest BCUT2D eigenvalue weighted by atomic mass is 16.5. The fraction of sp³-hybridized carbons (Fsp3) is 0.385. The maximum atomic E-state index is 11.7. The zero-order valence-electron chi connectivity index (χ0n) is 10.0. The summed E-state index contributed by atoms with van der Waals surface area (Å²) in [5.41, 5.74) is 2.49. The minimum Gasteiger partial charge on any atom is -0.481 e. The molecule has 0 spiro atoms. The van der Waals surface area contributed by atoms with Crippen molar-refractivity contribution in [2.45, 2.75) is 26.7 Å². The van der Waals surface area contributed by atoms with E-state index in [0.29, 0.717) is 12.0 Å². The highest BCUT2D eigenvalue weighted by Crippen LogP contribution is 2.12. The molecule has 0 radical (unpaired) electrons. The number of aryl methyl sites for hydroxylation is 2. The third kappa shape index (κ3) is 4.26. The van der Waals surface area contributed by atoms with Crippen molar-refractivity contribution in [3.63, 3.8) is 0 Å². The molecule has 1 aromatic rings. The maximum absolute atomic E-state index is 11.7. The first-order chi connectivity index (χ1) is 8.00. The van der Waals surface area contributed by atoms with Crippen LogP contribution >= 0.6 is 0 Å². The number of carboxylic acid groups (broad SMARTS) is 1. The molecular weight excluding hydrogens is 220 g/mol. The van der Waals surface area contributed by atoms with Crippen molar-refractivity contribution >= 4 is 11.9 Å². The molecule has 0 amide bonds. The Morgan fingerprint density at radius 3 is 2.59 bits per heavy atom. The van der Waals surface area contributed by atoms with E-state index in [-0.39, 0.29) is 13.0 Å². The Hall–Kier alpha value is -1.84. The lowest BCUT2D eigenvalue weighted by Gasteiger charge is -2.07. The number of carbonyl (C=O) groups is 2. The summed E-state index contributed by atoms with van der Waals surface area (Å²) in [6, 6.07) is 5.49. The monoisotopic (exact) mass is 236 g/mol. The molecule has 0 saturated carbocycles. The van der Waals surface area contributed by atoms with Gasteiger partial charge in [0.25, 0.3) is 0 Å². The van der Waals surface area contributed by atoms with Gasteiger partial charge in [0.1, 0.15) is 0 Å². The Morgan fingerprint density at radius 2 is 2.00 bits per heavy atom. The van der Waals surface area contributed by atoms with E-state index in [1.807, 2.05) is 26.0 Å². The topological polar surface area (TPSA) is 63.6 Å². The van der Waals surface area contributed by atoms with Gasteiger partial charge in [0.15, 0.2) is 0 Å². The second-order valence-electron chi connectivity index (χ2n) is 3.95. The summed E-state index contributed by atoms with van der Waals surface area (Å²) < 4.78 is 5.00. The van der Waals surface area contributed by atoms with Crippen LogP contribution in [0.1, 0.15) is 34.3 Å². The number of aliphatic carboxylic acids is 1. The van der Waals surface area contributed by atoms with Crippen LogP contribution in [0, 0.1) is 13.8 Å². The second-order valence-corrected chi connectivity index (χ2v) is 3.95. The summed E-state index contributed by atoms with van der Waals surface area (Å²) in [4.78, 5) is 21.9. The van der Waals surface area contributed by atoms with E-state index in [9.17, 15) is 9.59 Å². The summed E-state index contributed by atoms with van der Waals surface area (Å²) in [7, 11) is 0. The lowest BCUT2D eigenvalue weighted by molar-refractivity contribution is -0.137. The zero-order chi connectivity index (χ0) is 12.8. The minimum atomic E-state index is -0.882. The summed E-state index contributed by atoms with van der Waals surface area (Å²) in [6.07, 6.45) is 0.353. The van der Waals surface area contributed by atoms with Gasteiger partial charge in [0, 0.05) is 6.42 Å². The largest absolute Gasteiger partial charge is 0.481 e. The van der Waals surface area contributed by atoms with Crippen LogP contribution in [0.3, 0.4) is 0 Å². The molecule has 17 heavy (non-hydrogen) atoms. The van der Waals surface area contributed by atoms with Crippen LogP contribution < -0.4 is 0 Å². The van der Waals surface area contributed by atoms with Crippen molar-refractivity contribution in [3.8, 4) is 0 Å². The van der Waals surface area contributed by atoms with Crippen LogP contribution in [-0.4, -0.2) is 23.7 Å². The summed E-state index contributed by atoms with van der Waals surface area (Å²) in [6.45, 7) is 3.94. The lowest BCUT2D eigenvalue weighted by atomic mass is 10.1. The van der Waals surface area contributed by atoms with Gasteiger partial charge in [-0.2, -0.15) is 0 Å². The average Bonchev–Trinajstić information content (AvgIpc) is 2.23. The van der Waals surface area contributed by atoms with Gasteiger partial charge in [0.2, 0.25) is 0 Å². The third-order valence-electron chi connectivity index (χ3n) is 2.37. The van der Waals surface area contributed by atoms with E-state index in [1.54, 1.807) is 6.07 Å². The van der Waals surface area contributed by atoms with Gasteiger partial charge in [-0.15, -0.1) is 0 Å². The van der Waals surface area contributed by atoms with Crippen molar-refractivity contribution in [3.05, 3.63) is 34.9 Å². The average molecular weight is 236 g/mol. The van der Waals surface area contributed by atoms with Gasteiger partial charge < -0.3 is 9.84 Å². The Morgan fingerprint density at radius 1 is 1.29 bits per heavy atom. The first kappa shape index (κ1) is 13.2. The Balaban J connectivity index is 2.50. The van der Waals surface area contributed by atoms with E-state index in [2.05, 4.69) is 0 Å². The molecule has 0 aliphatic rings. The first-order valence-electron chi connectivity index (χ1n) is 5.47. The summed E-state index contributed by atoms with van der Waals surface area (Å²) in [5, 5.41) is 8.43. The SMILES string of the molecule is Cc1ccc(C(=O)OCCCC(=O)O)c(C)c1. The van der Waals surface area contributed by atoms with Gasteiger partial charge in [0.05, 0.1) is 12.2 Å². The van der Waals surface area contributed by atoms with Crippen molar-refractivity contribution in [2.24, 2.45) is 0 Å². The number of hydrogen-bond acceptors (Lipinski definition) is 3. The molecule has 1 rings (SSSR count). The summed E-state index contributed by atoms with van der Waals surface area (Å²) in [5.74, 6) is -1.28. The molecule has 1 N–H and O–H groups in total. The Bertz CT molecular complexity index is 423. The third-order valence-corrected chi connectivity index (χ3v) is 2.37. The summed E-state index contributed by atoms with van der Waals surface area (Å²) >= 11 is 0. The van der Waals surface area contributed by atoms with Gasteiger partial charge in [-0.1, -0.05) is 17.7 Å². The number of esters is 1. The molecule has 4 nitrogen and oxygen atoms in total. The fourth-order valence-corrected chi connectivity index (χ4v) is 1.51. The smallest absolute Gasteiger partial charge is 0.338 e. The van der Waals surface area contributed by atoms with Crippen LogP contribution in [0.25, 0.3) is 0 Å². The van der Waals surface area contributed by atoms with Gasteiger partial charge in [-0.25, -0.2) is 4.79 Å². The molecule has 0 aliphatic carbocycles.